The van der Waals surface area contributed by atoms with Crippen molar-refractivity contribution in [3.05, 3.63) is 45.1 Å². The number of carbonyl (C=O) groups excluding carboxylic acids is 2. The Morgan fingerprint density at radius 3 is 2.59 bits per heavy atom. The minimum absolute atomic E-state index is 0.0705. The Labute approximate surface area is 174 Å². The fourth-order valence-electron chi connectivity index (χ4n) is 3.04. The molecule has 1 atom stereocenters. The van der Waals surface area contributed by atoms with E-state index >= 15 is 0 Å². The second kappa shape index (κ2) is 8.25. The lowest BCUT2D eigenvalue weighted by molar-refractivity contribution is -0.123. The molecule has 9 heteroatoms. The van der Waals surface area contributed by atoms with E-state index in [1.54, 1.807) is 13.0 Å². The van der Waals surface area contributed by atoms with Gasteiger partial charge in [0.05, 0.1) is 4.90 Å². The Hall–Kier alpha value is -2.23. The van der Waals surface area contributed by atoms with Crippen molar-refractivity contribution in [2.24, 2.45) is 0 Å². The number of nitrogens with zero attached hydrogens (tertiary/aromatic N) is 1. The Morgan fingerprint density at radius 2 is 1.93 bits per heavy atom. The predicted molar refractivity (Wildman–Crippen MR) is 112 cm³/mol. The van der Waals surface area contributed by atoms with Gasteiger partial charge in [-0.25, -0.2) is 17.5 Å². The molecule has 0 saturated heterocycles. The minimum atomic E-state index is -3.63. The fraction of sp³-hybridized carbons (Fsp3) is 0.400. The molecule has 1 aliphatic rings. The number of fused-ring (bicyclic) bond motifs is 1. The van der Waals surface area contributed by atoms with Gasteiger partial charge in [0.25, 0.3) is 5.91 Å². The number of anilines is 1. The van der Waals surface area contributed by atoms with Crippen LogP contribution >= 0.6 is 11.3 Å². The highest BCUT2D eigenvalue weighted by Crippen LogP contribution is 2.31. The van der Waals surface area contributed by atoms with E-state index in [1.807, 2.05) is 6.07 Å². The van der Waals surface area contributed by atoms with Crippen molar-refractivity contribution in [1.82, 2.24) is 4.31 Å². The molecule has 3 rings (SSSR count). The maximum absolute atomic E-state index is 12.5. The van der Waals surface area contributed by atoms with Crippen LogP contribution in [0.1, 0.15) is 39.0 Å². The highest BCUT2D eigenvalue weighted by molar-refractivity contribution is 7.89. The molecule has 0 fully saturated rings. The SMILES string of the molecule is Cc1ccc(S(=O)(=O)N(C)C)cc1NC(=O)[C@H](C)OC(=O)c1cc2c(s1)CCC2. The summed E-state index contributed by atoms with van der Waals surface area (Å²) in [7, 11) is -0.748. The first kappa shape index (κ1) is 21.5. The Balaban J connectivity index is 1.69. The van der Waals surface area contributed by atoms with Gasteiger partial charge in [-0.15, -0.1) is 11.3 Å². The fourth-order valence-corrected chi connectivity index (χ4v) is 5.11. The average Bonchev–Trinajstić information content (AvgIpc) is 3.25. The van der Waals surface area contributed by atoms with E-state index in [2.05, 4.69) is 5.32 Å². The number of hydrogen-bond acceptors (Lipinski definition) is 6. The van der Waals surface area contributed by atoms with Crippen LogP contribution in [-0.4, -0.2) is 44.8 Å². The van der Waals surface area contributed by atoms with Gasteiger partial charge in [0.15, 0.2) is 6.10 Å². The molecule has 1 aromatic carbocycles. The number of esters is 1. The Morgan fingerprint density at radius 1 is 1.21 bits per heavy atom. The van der Waals surface area contributed by atoms with Gasteiger partial charge < -0.3 is 10.1 Å². The molecular weight excluding hydrogens is 412 g/mol. The second-order valence-corrected chi connectivity index (χ2v) is 10.5. The van der Waals surface area contributed by atoms with Gasteiger partial charge in [-0.2, -0.15) is 0 Å². The molecule has 29 heavy (non-hydrogen) atoms. The van der Waals surface area contributed by atoms with Crippen molar-refractivity contribution in [3.8, 4) is 0 Å². The molecule has 1 N–H and O–H groups in total. The number of thiophene rings is 1. The topological polar surface area (TPSA) is 92.8 Å². The number of carbonyl (C=O) groups is 2. The lowest BCUT2D eigenvalue weighted by Crippen LogP contribution is -2.30. The van der Waals surface area contributed by atoms with Crippen LogP contribution in [0.15, 0.2) is 29.2 Å². The Bertz CT molecular complexity index is 1040. The van der Waals surface area contributed by atoms with Crippen LogP contribution in [0.25, 0.3) is 0 Å². The van der Waals surface area contributed by atoms with E-state index in [0.29, 0.717) is 16.1 Å². The van der Waals surface area contributed by atoms with Gasteiger partial charge in [0.1, 0.15) is 4.88 Å². The number of benzene rings is 1. The molecule has 0 aliphatic heterocycles. The van der Waals surface area contributed by atoms with Crippen molar-refractivity contribution in [2.75, 3.05) is 19.4 Å². The first-order chi connectivity index (χ1) is 13.6. The zero-order chi connectivity index (χ0) is 21.3. The van der Waals surface area contributed by atoms with Crippen molar-refractivity contribution in [3.63, 3.8) is 0 Å². The number of hydrogen-bond donors (Lipinski definition) is 1. The molecule has 0 radical (unpaired) electrons. The third kappa shape index (κ3) is 4.52. The number of sulfonamides is 1. The zero-order valence-electron chi connectivity index (χ0n) is 16.8. The normalized spacial score (nSPS) is 14.5. The van der Waals surface area contributed by atoms with E-state index in [0.717, 1.165) is 23.6 Å². The van der Waals surface area contributed by atoms with Gasteiger partial charge in [-0.3, -0.25) is 4.79 Å². The van der Waals surface area contributed by atoms with E-state index < -0.39 is 28.0 Å². The van der Waals surface area contributed by atoms with Gasteiger partial charge in [-0.05, 0) is 62.4 Å². The largest absolute Gasteiger partial charge is 0.448 e. The van der Waals surface area contributed by atoms with Crippen LogP contribution in [0.2, 0.25) is 0 Å². The summed E-state index contributed by atoms with van der Waals surface area (Å²) in [6.07, 6.45) is 2.04. The molecular formula is C20H24N2O5S2. The van der Waals surface area contributed by atoms with E-state index in [9.17, 15) is 18.0 Å². The lowest BCUT2D eigenvalue weighted by atomic mass is 10.2. The summed E-state index contributed by atoms with van der Waals surface area (Å²) >= 11 is 1.42. The number of amides is 1. The van der Waals surface area contributed by atoms with Crippen molar-refractivity contribution >= 4 is 38.9 Å². The molecule has 0 unspecified atom stereocenters. The third-order valence-corrected chi connectivity index (χ3v) is 7.87. The summed E-state index contributed by atoms with van der Waals surface area (Å²) in [6, 6.07) is 6.36. The zero-order valence-corrected chi connectivity index (χ0v) is 18.4. The van der Waals surface area contributed by atoms with Crippen molar-refractivity contribution < 1.29 is 22.7 Å². The van der Waals surface area contributed by atoms with Gasteiger partial charge in [0, 0.05) is 24.7 Å². The van der Waals surface area contributed by atoms with Crippen molar-refractivity contribution in [1.29, 1.82) is 0 Å². The number of aryl methyl sites for hydroxylation is 3. The second-order valence-electron chi connectivity index (χ2n) is 7.21. The Kier molecular flexibility index (Phi) is 6.11. The van der Waals surface area contributed by atoms with E-state index in [4.69, 9.17) is 4.74 Å². The van der Waals surface area contributed by atoms with Gasteiger partial charge in [-0.1, -0.05) is 6.07 Å². The summed E-state index contributed by atoms with van der Waals surface area (Å²) in [5.41, 5.74) is 2.24. The van der Waals surface area contributed by atoms with Crippen LogP contribution in [0.3, 0.4) is 0 Å². The predicted octanol–water partition coefficient (Wildman–Crippen LogP) is 2.98. The molecule has 2 aromatic rings. The number of ether oxygens (including phenoxy) is 1. The van der Waals surface area contributed by atoms with Crippen LogP contribution in [0, 0.1) is 6.92 Å². The smallest absolute Gasteiger partial charge is 0.349 e. The van der Waals surface area contributed by atoms with Crippen LogP contribution in [0.4, 0.5) is 5.69 Å². The highest BCUT2D eigenvalue weighted by Gasteiger charge is 2.24. The maximum atomic E-state index is 12.5. The lowest BCUT2D eigenvalue weighted by Gasteiger charge is -2.16. The molecule has 1 heterocycles. The van der Waals surface area contributed by atoms with Gasteiger partial charge in [0.2, 0.25) is 10.0 Å². The van der Waals surface area contributed by atoms with Crippen LogP contribution in [0.5, 0.6) is 0 Å². The highest BCUT2D eigenvalue weighted by atomic mass is 32.2. The summed E-state index contributed by atoms with van der Waals surface area (Å²) in [4.78, 5) is 26.7. The summed E-state index contributed by atoms with van der Waals surface area (Å²) < 4.78 is 31.1. The third-order valence-electron chi connectivity index (χ3n) is 4.85. The standard InChI is InChI=1S/C20H24N2O5S2/c1-12-8-9-15(29(25,26)22(3)4)11-16(12)21-19(23)13(2)27-20(24)18-10-14-6-5-7-17(14)28-18/h8-11,13H,5-7H2,1-4H3,(H,21,23)/t13-/m0/s1. The molecule has 0 spiro atoms. The molecule has 1 amide bonds. The molecule has 0 bridgehead atoms. The molecule has 1 aromatic heterocycles. The summed E-state index contributed by atoms with van der Waals surface area (Å²) in [5.74, 6) is -1.04. The number of rotatable bonds is 6. The average molecular weight is 437 g/mol. The molecule has 1 aliphatic carbocycles. The van der Waals surface area contributed by atoms with Crippen molar-refractivity contribution in [2.45, 2.75) is 44.1 Å². The van der Waals surface area contributed by atoms with Crippen LogP contribution < -0.4 is 5.32 Å². The van der Waals surface area contributed by atoms with E-state index in [1.165, 1.54) is 54.9 Å². The minimum Gasteiger partial charge on any atom is -0.448 e. The quantitative estimate of drug-likeness (QED) is 0.703. The van der Waals surface area contributed by atoms with Crippen LogP contribution in [-0.2, 0) is 32.4 Å². The first-order valence-electron chi connectivity index (χ1n) is 9.26. The molecule has 0 saturated carbocycles. The first-order valence-corrected chi connectivity index (χ1v) is 11.5. The molecule has 156 valence electrons. The molecule has 7 nitrogen and oxygen atoms in total. The van der Waals surface area contributed by atoms with E-state index in [-0.39, 0.29) is 4.90 Å². The maximum Gasteiger partial charge on any atom is 0.349 e. The summed E-state index contributed by atoms with van der Waals surface area (Å²) in [6.45, 7) is 3.25. The summed E-state index contributed by atoms with van der Waals surface area (Å²) in [5, 5.41) is 2.66. The van der Waals surface area contributed by atoms with Gasteiger partial charge >= 0.3 is 5.97 Å². The number of nitrogens with one attached hydrogen (secondary N) is 1. The monoisotopic (exact) mass is 436 g/mol.